The van der Waals surface area contributed by atoms with Gasteiger partial charge in [0.05, 0.1) is 25.2 Å². The lowest BCUT2D eigenvalue weighted by atomic mass is 9.98. The van der Waals surface area contributed by atoms with E-state index in [1.807, 2.05) is 19.9 Å². The summed E-state index contributed by atoms with van der Waals surface area (Å²) in [6.45, 7) is 3.79. The van der Waals surface area contributed by atoms with Crippen LogP contribution in [0.3, 0.4) is 0 Å². The van der Waals surface area contributed by atoms with Crippen LogP contribution in [-0.4, -0.2) is 13.1 Å². The number of methoxy groups -OCH3 is 1. The van der Waals surface area contributed by atoms with Crippen LogP contribution < -0.4 is 0 Å². The quantitative estimate of drug-likeness (QED) is 0.692. The van der Waals surface area contributed by atoms with Crippen LogP contribution in [0.5, 0.6) is 0 Å². The molecule has 0 unspecified atom stereocenters. The molecule has 0 aliphatic rings. The van der Waals surface area contributed by atoms with Crippen LogP contribution in [0.2, 0.25) is 0 Å². The van der Waals surface area contributed by atoms with Crippen molar-refractivity contribution in [3.8, 4) is 6.07 Å². The minimum Gasteiger partial charge on any atom is -0.465 e. The SMILES string of the molecule is COC(=O)c1cc(CC#N)cc(C)c1C. The molecule has 0 aromatic heterocycles. The largest absolute Gasteiger partial charge is 0.465 e. The molecule has 0 atom stereocenters. The number of hydrogen-bond donors (Lipinski definition) is 0. The van der Waals surface area contributed by atoms with Gasteiger partial charge in [0, 0.05) is 0 Å². The van der Waals surface area contributed by atoms with Gasteiger partial charge >= 0.3 is 5.97 Å². The first-order valence-corrected chi connectivity index (χ1v) is 4.65. The van der Waals surface area contributed by atoms with Gasteiger partial charge in [0.15, 0.2) is 0 Å². The fourth-order valence-electron chi connectivity index (χ4n) is 1.45. The number of aryl methyl sites for hydroxylation is 1. The number of nitriles is 1. The normalized spacial score (nSPS) is 9.47. The Morgan fingerprint density at radius 1 is 1.47 bits per heavy atom. The van der Waals surface area contributed by atoms with E-state index < -0.39 is 0 Å². The summed E-state index contributed by atoms with van der Waals surface area (Å²) in [7, 11) is 1.36. The molecule has 1 aromatic carbocycles. The van der Waals surface area contributed by atoms with Gasteiger partial charge in [0.25, 0.3) is 0 Å². The van der Waals surface area contributed by atoms with Crippen molar-refractivity contribution in [3.05, 3.63) is 34.4 Å². The zero-order chi connectivity index (χ0) is 11.4. The molecule has 0 saturated heterocycles. The highest BCUT2D eigenvalue weighted by Gasteiger charge is 2.12. The van der Waals surface area contributed by atoms with Gasteiger partial charge in [-0.15, -0.1) is 0 Å². The Labute approximate surface area is 89.3 Å². The third kappa shape index (κ3) is 2.35. The molecule has 3 nitrogen and oxygen atoms in total. The predicted molar refractivity (Wildman–Crippen MR) is 56.6 cm³/mol. The van der Waals surface area contributed by atoms with Gasteiger partial charge < -0.3 is 4.74 Å². The fraction of sp³-hybridized carbons (Fsp3) is 0.333. The summed E-state index contributed by atoms with van der Waals surface area (Å²) in [5, 5.41) is 8.60. The number of benzene rings is 1. The van der Waals surface area contributed by atoms with Crippen LogP contribution in [-0.2, 0) is 11.2 Å². The average molecular weight is 203 g/mol. The summed E-state index contributed by atoms with van der Waals surface area (Å²) in [6.07, 6.45) is 0.311. The molecule has 0 fully saturated rings. The van der Waals surface area contributed by atoms with Crippen molar-refractivity contribution in [2.24, 2.45) is 0 Å². The Bertz CT molecular complexity index is 430. The van der Waals surface area contributed by atoms with Crippen molar-refractivity contribution in [2.75, 3.05) is 7.11 Å². The van der Waals surface area contributed by atoms with Crippen molar-refractivity contribution in [1.82, 2.24) is 0 Å². The van der Waals surface area contributed by atoms with Gasteiger partial charge in [0.2, 0.25) is 0 Å². The van der Waals surface area contributed by atoms with Crippen LogP contribution >= 0.6 is 0 Å². The molecule has 0 N–H and O–H groups in total. The van der Waals surface area contributed by atoms with Gasteiger partial charge in [0.1, 0.15) is 0 Å². The molecule has 0 saturated carbocycles. The predicted octanol–water partition coefficient (Wildman–Crippen LogP) is 2.16. The molecule has 3 heteroatoms. The fourth-order valence-corrected chi connectivity index (χ4v) is 1.45. The summed E-state index contributed by atoms with van der Waals surface area (Å²) in [5.41, 5.74) is 3.30. The monoisotopic (exact) mass is 203 g/mol. The zero-order valence-electron chi connectivity index (χ0n) is 9.13. The lowest BCUT2D eigenvalue weighted by Gasteiger charge is -2.08. The lowest BCUT2D eigenvalue weighted by Crippen LogP contribution is -2.06. The Kier molecular flexibility index (Phi) is 3.46. The van der Waals surface area contributed by atoms with Crippen LogP contribution in [0, 0.1) is 25.2 Å². The molecule has 15 heavy (non-hydrogen) atoms. The van der Waals surface area contributed by atoms with E-state index in [4.69, 9.17) is 5.26 Å². The molecule has 1 rings (SSSR count). The minimum atomic E-state index is -0.351. The van der Waals surface area contributed by atoms with Crippen LogP contribution in [0.1, 0.15) is 27.0 Å². The number of esters is 1. The molecule has 78 valence electrons. The van der Waals surface area contributed by atoms with Gasteiger partial charge in [-0.1, -0.05) is 6.07 Å². The van der Waals surface area contributed by atoms with Crippen LogP contribution in [0.4, 0.5) is 0 Å². The molecule has 0 amide bonds. The highest BCUT2D eigenvalue weighted by Crippen LogP contribution is 2.17. The summed E-state index contributed by atoms with van der Waals surface area (Å²) in [4.78, 5) is 11.4. The summed E-state index contributed by atoms with van der Waals surface area (Å²) in [5.74, 6) is -0.351. The number of carbonyl (C=O) groups excluding carboxylic acids is 1. The first kappa shape index (κ1) is 11.3. The number of rotatable bonds is 2. The third-order valence-corrected chi connectivity index (χ3v) is 2.42. The van der Waals surface area contributed by atoms with E-state index in [0.29, 0.717) is 12.0 Å². The average Bonchev–Trinajstić information content (AvgIpc) is 2.22. The molecule has 1 aromatic rings. The maximum absolute atomic E-state index is 11.4. The van der Waals surface area contributed by atoms with E-state index >= 15 is 0 Å². The van der Waals surface area contributed by atoms with Crippen molar-refractivity contribution in [1.29, 1.82) is 5.26 Å². The summed E-state index contributed by atoms with van der Waals surface area (Å²) in [6, 6.07) is 5.70. The van der Waals surface area contributed by atoms with E-state index in [1.54, 1.807) is 6.07 Å². The van der Waals surface area contributed by atoms with Crippen molar-refractivity contribution in [2.45, 2.75) is 20.3 Å². The Morgan fingerprint density at radius 3 is 2.67 bits per heavy atom. The molecular weight excluding hydrogens is 190 g/mol. The Balaban J connectivity index is 3.26. The van der Waals surface area contributed by atoms with Crippen molar-refractivity contribution in [3.63, 3.8) is 0 Å². The first-order chi connectivity index (χ1) is 7.10. The maximum atomic E-state index is 11.4. The zero-order valence-corrected chi connectivity index (χ0v) is 9.13. The number of hydrogen-bond acceptors (Lipinski definition) is 3. The van der Waals surface area contributed by atoms with Gasteiger partial charge in [-0.05, 0) is 36.6 Å². The van der Waals surface area contributed by atoms with Gasteiger partial charge in [-0.25, -0.2) is 4.79 Å². The third-order valence-electron chi connectivity index (χ3n) is 2.42. The highest BCUT2D eigenvalue weighted by atomic mass is 16.5. The number of carbonyl (C=O) groups is 1. The maximum Gasteiger partial charge on any atom is 0.338 e. The first-order valence-electron chi connectivity index (χ1n) is 4.65. The molecule has 0 aliphatic carbocycles. The second-order valence-corrected chi connectivity index (χ2v) is 3.41. The van der Waals surface area contributed by atoms with Crippen LogP contribution in [0.25, 0.3) is 0 Å². The van der Waals surface area contributed by atoms with Gasteiger partial charge in [-0.3, -0.25) is 0 Å². The number of nitrogens with zero attached hydrogens (tertiary/aromatic N) is 1. The van der Waals surface area contributed by atoms with E-state index in [-0.39, 0.29) is 5.97 Å². The molecule has 0 radical (unpaired) electrons. The molecule has 0 spiro atoms. The number of ether oxygens (including phenoxy) is 1. The standard InChI is InChI=1S/C12H13NO2/c1-8-6-10(4-5-13)7-11(9(8)2)12(14)15-3/h6-7H,4H2,1-3H3. The van der Waals surface area contributed by atoms with Crippen molar-refractivity contribution < 1.29 is 9.53 Å². The lowest BCUT2D eigenvalue weighted by molar-refractivity contribution is 0.0599. The van der Waals surface area contributed by atoms with E-state index in [2.05, 4.69) is 10.8 Å². The molecule has 0 bridgehead atoms. The summed E-state index contributed by atoms with van der Waals surface area (Å²) >= 11 is 0. The molecule has 0 aliphatic heterocycles. The Morgan fingerprint density at radius 2 is 2.13 bits per heavy atom. The minimum absolute atomic E-state index is 0.311. The second-order valence-electron chi connectivity index (χ2n) is 3.41. The van der Waals surface area contributed by atoms with E-state index in [0.717, 1.165) is 16.7 Å². The summed E-state index contributed by atoms with van der Waals surface area (Å²) < 4.78 is 4.68. The topological polar surface area (TPSA) is 50.1 Å². The Hall–Kier alpha value is -1.82. The van der Waals surface area contributed by atoms with Gasteiger partial charge in [-0.2, -0.15) is 5.26 Å². The molecular formula is C12H13NO2. The van der Waals surface area contributed by atoms with E-state index in [9.17, 15) is 4.79 Å². The van der Waals surface area contributed by atoms with Crippen molar-refractivity contribution >= 4 is 5.97 Å². The van der Waals surface area contributed by atoms with Crippen LogP contribution in [0.15, 0.2) is 12.1 Å². The molecule has 0 heterocycles. The smallest absolute Gasteiger partial charge is 0.338 e. The highest BCUT2D eigenvalue weighted by molar-refractivity contribution is 5.91. The van der Waals surface area contributed by atoms with E-state index in [1.165, 1.54) is 7.11 Å². The second kappa shape index (κ2) is 4.61.